The van der Waals surface area contributed by atoms with Gasteiger partial charge in [-0.2, -0.15) is 4.98 Å². The highest BCUT2D eigenvalue weighted by Gasteiger charge is 2.35. The molecule has 22 heavy (non-hydrogen) atoms. The molecule has 2 heterocycles. The smallest absolute Gasteiger partial charge is 0.244 e. The van der Waals surface area contributed by atoms with Gasteiger partial charge < -0.3 is 14.4 Å². The van der Waals surface area contributed by atoms with Gasteiger partial charge in [-0.05, 0) is 31.9 Å². The first-order chi connectivity index (χ1) is 10.7. The Kier molecular flexibility index (Phi) is 4.70. The summed E-state index contributed by atoms with van der Waals surface area (Å²) in [7, 11) is 0. The predicted octanol–water partition coefficient (Wildman–Crippen LogP) is 1.95. The van der Waals surface area contributed by atoms with Crippen LogP contribution in [0.3, 0.4) is 0 Å². The zero-order valence-electron chi connectivity index (χ0n) is 12.7. The number of aromatic nitrogens is 2. The Hall–Kier alpha value is -1.92. The molecule has 0 radical (unpaired) electrons. The number of hydrogen-bond donors (Lipinski definition) is 1. The molecule has 6 nitrogen and oxygen atoms in total. The molecule has 2 atom stereocenters. The van der Waals surface area contributed by atoms with Crippen LogP contribution in [0.4, 0.5) is 0 Å². The second-order valence-corrected chi connectivity index (χ2v) is 5.60. The molecule has 0 spiro atoms. The molecular formula is C16H21N3O3. The maximum absolute atomic E-state index is 9.91. The van der Waals surface area contributed by atoms with Gasteiger partial charge in [-0.25, -0.2) is 0 Å². The van der Waals surface area contributed by atoms with E-state index >= 15 is 0 Å². The summed E-state index contributed by atoms with van der Waals surface area (Å²) in [4.78, 5) is 6.48. The largest absolute Gasteiger partial charge is 0.494 e. The van der Waals surface area contributed by atoms with Crippen LogP contribution in [-0.2, 0) is 0 Å². The van der Waals surface area contributed by atoms with Gasteiger partial charge in [0.2, 0.25) is 5.89 Å². The minimum absolute atomic E-state index is 0.00734. The van der Waals surface area contributed by atoms with E-state index in [4.69, 9.17) is 9.26 Å². The fraction of sp³-hybridized carbons (Fsp3) is 0.500. The quantitative estimate of drug-likeness (QED) is 0.823. The van der Waals surface area contributed by atoms with Crippen molar-refractivity contribution in [1.29, 1.82) is 0 Å². The first kappa shape index (κ1) is 15.0. The number of likely N-dealkylation sites (tertiary alicyclic amines) is 1. The fourth-order valence-corrected chi connectivity index (χ4v) is 2.81. The van der Waals surface area contributed by atoms with E-state index in [1.165, 1.54) is 0 Å². The fourth-order valence-electron chi connectivity index (χ4n) is 2.81. The monoisotopic (exact) mass is 303 g/mol. The van der Waals surface area contributed by atoms with Crippen molar-refractivity contribution in [2.75, 3.05) is 19.7 Å². The third-order valence-electron chi connectivity index (χ3n) is 3.81. The minimum Gasteiger partial charge on any atom is -0.494 e. The number of ether oxygens (including phenoxy) is 1. The second kappa shape index (κ2) is 6.89. The lowest BCUT2D eigenvalue weighted by Crippen LogP contribution is -2.27. The van der Waals surface area contributed by atoms with E-state index in [1.54, 1.807) is 6.92 Å². The number of aryl methyl sites for hydroxylation is 1. The number of para-hydroxylation sites is 1. The first-order valence-corrected chi connectivity index (χ1v) is 7.62. The van der Waals surface area contributed by atoms with Crippen LogP contribution in [0.25, 0.3) is 0 Å². The molecule has 1 aromatic heterocycles. The molecule has 1 aliphatic rings. The van der Waals surface area contributed by atoms with Crippen molar-refractivity contribution >= 4 is 0 Å². The molecule has 0 amide bonds. The number of benzene rings is 1. The number of aliphatic hydroxyl groups is 1. The van der Waals surface area contributed by atoms with E-state index < -0.39 is 0 Å². The van der Waals surface area contributed by atoms with E-state index in [0.29, 0.717) is 31.3 Å². The van der Waals surface area contributed by atoms with Crippen LogP contribution in [0.5, 0.6) is 5.75 Å². The van der Waals surface area contributed by atoms with Gasteiger partial charge in [-0.1, -0.05) is 23.4 Å². The Morgan fingerprint density at radius 2 is 2.18 bits per heavy atom. The number of rotatable bonds is 6. The average Bonchev–Trinajstić information content (AvgIpc) is 3.10. The highest BCUT2D eigenvalue weighted by atomic mass is 16.5. The van der Waals surface area contributed by atoms with Gasteiger partial charge in [0.15, 0.2) is 5.82 Å². The van der Waals surface area contributed by atoms with E-state index in [0.717, 1.165) is 18.7 Å². The van der Waals surface area contributed by atoms with E-state index in [9.17, 15) is 5.11 Å². The third kappa shape index (κ3) is 3.64. The Labute approximate surface area is 129 Å². The Morgan fingerprint density at radius 1 is 1.36 bits per heavy atom. The van der Waals surface area contributed by atoms with Crippen LogP contribution in [-0.4, -0.2) is 45.9 Å². The lowest BCUT2D eigenvalue weighted by atomic mass is 10.2. The number of hydrogen-bond acceptors (Lipinski definition) is 6. The predicted molar refractivity (Wildman–Crippen MR) is 80.5 cm³/mol. The Morgan fingerprint density at radius 3 is 2.91 bits per heavy atom. The molecule has 118 valence electrons. The molecule has 2 aromatic rings. The van der Waals surface area contributed by atoms with Crippen LogP contribution in [0.2, 0.25) is 0 Å². The third-order valence-corrected chi connectivity index (χ3v) is 3.81. The average molecular weight is 303 g/mol. The molecule has 1 N–H and O–H groups in total. The molecule has 0 bridgehead atoms. The van der Waals surface area contributed by atoms with Crippen molar-refractivity contribution in [2.45, 2.75) is 31.9 Å². The van der Waals surface area contributed by atoms with E-state index in [-0.39, 0.29) is 12.1 Å². The normalized spacial score (nSPS) is 22.1. The lowest BCUT2D eigenvalue weighted by Gasteiger charge is -2.21. The summed E-state index contributed by atoms with van der Waals surface area (Å²) >= 11 is 0. The summed E-state index contributed by atoms with van der Waals surface area (Å²) in [6, 6.07) is 9.79. The van der Waals surface area contributed by atoms with Crippen LogP contribution in [0.15, 0.2) is 34.9 Å². The van der Waals surface area contributed by atoms with Gasteiger partial charge in [0, 0.05) is 13.1 Å². The summed E-state index contributed by atoms with van der Waals surface area (Å²) in [5.41, 5.74) is 0. The summed E-state index contributed by atoms with van der Waals surface area (Å²) in [5, 5.41) is 13.7. The number of aliphatic hydroxyl groups excluding tert-OH is 1. The van der Waals surface area contributed by atoms with Crippen molar-refractivity contribution in [3.63, 3.8) is 0 Å². The standard InChI is InChI=1S/C16H21N3O3/c1-12-17-16(22-18-12)15-10-13(20)11-19(15)8-5-9-21-14-6-3-2-4-7-14/h2-4,6-7,13,15,20H,5,8-11H2,1H3/t13-,15-/m1/s1. The highest BCUT2D eigenvalue weighted by molar-refractivity contribution is 5.20. The van der Waals surface area contributed by atoms with Crippen molar-refractivity contribution < 1.29 is 14.4 Å². The minimum atomic E-state index is -0.341. The SMILES string of the molecule is Cc1noc([C@H]2C[C@@H](O)CN2CCCOc2ccccc2)n1. The Bertz CT molecular complexity index is 587. The summed E-state index contributed by atoms with van der Waals surface area (Å²) in [6.07, 6.45) is 1.18. The molecule has 1 saturated heterocycles. The summed E-state index contributed by atoms with van der Waals surface area (Å²) in [5.74, 6) is 2.11. The van der Waals surface area contributed by atoms with E-state index in [2.05, 4.69) is 15.0 Å². The zero-order chi connectivity index (χ0) is 15.4. The zero-order valence-corrected chi connectivity index (χ0v) is 12.7. The maximum Gasteiger partial charge on any atom is 0.244 e. The van der Waals surface area contributed by atoms with Crippen LogP contribution in [0.1, 0.15) is 30.6 Å². The van der Waals surface area contributed by atoms with Crippen LogP contribution < -0.4 is 4.74 Å². The second-order valence-electron chi connectivity index (χ2n) is 5.60. The molecule has 1 fully saturated rings. The molecule has 6 heteroatoms. The highest BCUT2D eigenvalue weighted by Crippen LogP contribution is 2.31. The molecule has 3 rings (SSSR count). The van der Waals surface area contributed by atoms with Crippen molar-refractivity contribution in [3.8, 4) is 5.75 Å². The van der Waals surface area contributed by atoms with Gasteiger partial charge in [-0.15, -0.1) is 0 Å². The van der Waals surface area contributed by atoms with E-state index in [1.807, 2.05) is 30.3 Å². The number of nitrogens with zero attached hydrogens (tertiary/aromatic N) is 3. The summed E-state index contributed by atoms with van der Waals surface area (Å²) < 4.78 is 11.0. The lowest BCUT2D eigenvalue weighted by molar-refractivity contribution is 0.166. The van der Waals surface area contributed by atoms with Gasteiger partial charge in [0.25, 0.3) is 0 Å². The van der Waals surface area contributed by atoms with Gasteiger partial charge in [0.1, 0.15) is 5.75 Å². The first-order valence-electron chi connectivity index (χ1n) is 7.62. The summed E-state index contributed by atoms with van der Waals surface area (Å²) in [6.45, 7) is 3.91. The molecule has 1 aromatic carbocycles. The van der Waals surface area contributed by atoms with Gasteiger partial charge >= 0.3 is 0 Å². The molecule has 0 saturated carbocycles. The number of β-amino-alcohol motifs (C(OH)–C–C–N with tert-alkyl or cyclic N) is 1. The van der Waals surface area contributed by atoms with Crippen molar-refractivity contribution in [2.24, 2.45) is 0 Å². The van der Waals surface area contributed by atoms with Crippen molar-refractivity contribution in [1.82, 2.24) is 15.0 Å². The molecule has 0 aliphatic carbocycles. The van der Waals surface area contributed by atoms with Crippen molar-refractivity contribution in [3.05, 3.63) is 42.0 Å². The van der Waals surface area contributed by atoms with Crippen LogP contribution in [0, 0.1) is 6.92 Å². The topological polar surface area (TPSA) is 71.6 Å². The van der Waals surface area contributed by atoms with Crippen LogP contribution >= 0.6 is 0 Å². The molecule has 1 aliphatic heterocycles. The van der Waals surface area contributed by atoms with Gasteiger partial charge in [-0.3, -0.25) is 4.90 Å². The molecule has 0 unspecified atom stereocenters. The van der Waals surface area contributed by atoms with Gasteiger partial charge in [0.05, 0.1) is 18.8 Å². The molecular weight excluding hydrogens is 282 g/mol. The Balaban J connectivity index is 1.50. The maximum atomic E-state index is 9.91.